The number of ether oxygens (including phenoxy) is 1. The molecule has 0 fully saturated rings. The fraction of sp³-hybridized carbons (Fsp3) is 0.400. The van der Waals surface area contributed by atoms with Crippen LogP contribution in [0.2, 0.25) is 0 Å². The van der Waals surface area contributed by atoms with Crippen molar-refractivity contribution in [1.82, 2.24) is 5.16 Å². The Kier molecular flexibility index (Phi) is 2.82. The summed E-state index contributed by atoms with van der Waals surface area (Å²) in [5.41, 5.74) is 2.75. The van der Waals surface area contributed by atoms with Gasteiger partial charge in [-0.25, -0.2) is 0 Å². The summed E-state index contributed by atoms with van der Waals surface area (Å²) in [6.07, 6.45) is 1.38. The van der Waals surface area contributed by atoms with Crippen LogP contribution in [0.1, 0.15) is 25.2 Å². The van der Waals surface area contributed by atoms with E-state index in [-0.39, 0.29) is 12.2 Å². The van der Waals surface area contributed by atoms with Gasteiger partial charge in [0, 0.05) is 24.5 Å². The second-order valence-corrected chi connectivity index (χ2v) is 5.48. The summed E-state index contributed by atoms with van der Waals surface area (Å²) in [4.78, 5) is 0. The van der Waals surface area contributed by atoms with E-state index in [1.807, 2.05) is 18.2 Å². The quantitative estimate of drug-likeness (QED) is 0.920. The van der Waals surface area contributed by atoms with Crippen LogP contribution in [0, 0.1) is 0 Å². The van der Waals surface area contributed by atoms with Crippen LogP contribution in [0.4, 0.5) is 0 Å². The van der Waals surface area contributed by atoms with Gasteiger partial charge in [0.05, 0.1) is 6.61 Å². The van der Waals surface area contributed by atoms with Crippen LogP contribution < -0.4 is 4.74 Å². The molecule has 0 radical (unpaired) electrons. The lowest BCUT2D eigenvalue weighted by Gasteiger charge is -2.17. The average Bonchev–Trinajstić information content (AvgIpc) is 2.91. The van der Waals surface area contributed by atoms with Crippen LogP contribution >= 0.6 is 0 Å². The molecule has 4 heteroatoms. The second-order valence-electron chi connectivity index (χ2n) is 5.48. The third kappa shape index (κ3) is 2.24. The highest BCUT2D eigenvalue weighted by atomic mass is 16.5. The van der Waals surface area contributed by atoms with Crippen molar-refractivity contribution in [2.75, 3.05) is 6.61 Å². The van der Waals surface area contributed by atoms with Crippen LogP contribution in [0.25, 0.3) is 11.3 Å². The number of hydrogen-bond donors (Lipinski definition) is 1. The number of fused-ring (bicyclic) bond motifs is 1. The molecule has 2 heterocycles. The van der Waals surface area contributed by atoms with Crippen molar-refractivity contribution < 1.29 is 14.4 Å². The molecule has 0 unspecified atom stereocenters. The molecule has 19 heavy (non-hydrogen) atoms. The summed E-state index contributed by atoms with van der Waals surface area (Å²) in [5, 5.41) is 13.0. The lowest BCUT2D eigenvalue weighted by Crippen LogP contribution is -2.24. The highest BCUT2D eigenvalue weighted by molar-refractivity contribution is 5.70. The van der Waals surface area contributed by atoms with Gasteiger partial charge in [-0.15, -0.1) is 0 Å². The molecular weight excluding hydrogens is 242 g/mol. The Bertz CT molecular complexity index is 601. The van der Waals surface area contributed by atoms with Crippen molar-refractivity contribution in [2.24, 2.45) is 0 Å². The molecule has 1 aliphatic rings. The lowest BCUT2D eigenvalue weighted by atomic mass is 10.00. The number of aromatic nitrogens is 1. The van der Waals surface area contributed by atoms with E-state index in [9.17, 15) is 0 Å². The van der Waals surface area contributed by atoms with E-state index in [4.69, 9.17) is 14.4 Å². The predicted octanol–water partition coefficient (Wildman–Crippen LogP) is 2.59. The van der Waals surface area contributed by atoms with Crippen molar-refractivity contribution in [3.05, 3.63) is 35.6 Å². The SMILES string of the molecule is CC1(C)Cc2cccc(-c3cc(CCO)on3)c2O1. The zero-order valence-electron chi connectivity index (χ0n) is 11.1. The molecule has 0 bridgehead atoms. The van der Waals surface area contributed by atoms with Gasteiger partial charge in [0.25, 0.3) is 0 Å². The molecule has 1 N–H and O–H groups in total. The van der Waals surface area contributed by atoms with Crippen LogP contribution in [0.15, 0.2) is 28.8 Å². The van der Waals surface area contributed by atoms with Gasteiger partial charge in [-0.3, -0.25) is 0 Å². The van der Waals surface area contributed by atoms with Gasteiger partial charge in [0.2, 0.25) is 0 Å². The molecule has 1 aromatic heterocycles. The van der Waals surface area contributed by atoms with E-state index in [0.717, 1.165) is 23.4 Å². The molecule has 0 spiro atoms. The van der Waals surface area contributed by atoms with Crippen molar-refractivity contribution >= 4 is 0 Å². The maximum absolute atomic E-state index is 8.91. The minimum absolute atomic E-state index is 0.0606. The van der Waals surface area contributed by atoms with Gasteiger partial charge in [0.15, 0.2) is 0 Å². The van der Waals surface area contributed by atoms with Crippen molar-refractivity contribution in [3.63, 3.8) is 0 Å². The Labute approximate surface area is 112 Å². The Morgan fingerprint density at radius 1 is 1.37 bits per heavy atom. The first-order valence-corrected chi connectivity index (χ1v) is 6.47. The summed E-state index contributed by atoms with van der Waals surface area (Å²) in [6, 6.07) is 7.95. The molecule has 100 valence electrons. The lowest BCUT2D eigenvalue weighted by molar-refractivity contribution is 0.139. The predicted molar refractivity (Wildman–Crippen MR) is 71.1 cm³/mol. The van der Waals surface area contributed by atoms with Crippen molar-refractivity contribution in [3.8, 4) is 17.0 Å². The number of nitrogens with zero attached hydrogens (tertiary/aromatic N) is 1. The van der Waals surface area contributed by atoms with Crippen molar-refractivity contribution in [1.29, 1.82) is 0 Å². The average molecular weight is 259 g/mol. The largest absolute Gasteiger partial charge is 0.487 e. The number of aliphatic hydroxyl groups excluding tert-OH is 1. The number of rotatable bonds is 3. The Morgan fingerprint density at radius 2 is 2.21 bits per heavy atom. The number of aliphatic hydroxyl groups is 1. The third-order valence-electron chi connectivity index (χ3n) is 3.28. The highest BCUT2D eigenvalue weighted by Crippen LogP contribution is 2.41. The Morgan fingerprint density at radius 3 is 3.00 bits per heavy atom. The minimum atomic E-state index is -0.171. The highest BCUT2D eigenvalue weighted by Gasteiger charge is 2.32. The van der Waals surface area contributed by atoms with Crippen molar-refractivity contribution in [2.45, 2.75) is 32.3 Å². The summed E-state index contributed by atoms with van der Waals surface area (Å²) in [7, 11) is 0. The smallest absolute Gasteiger partial charge is 0.139 e. The van der Waals surface area contributed by atoms with E-state index in [1.54, 1.807) is 0 Å². The summed E-state index contributed by atoms with van der Waals surface area (Å²) in [6.45, 7) is 4.22. The zero-order valence-corrected chi connectivity index (χ0v) is 11.1. The third-order valence-corrected chi connectivity index (χ3v) is 3.28. The molecular formula is C15H17NO3. The van der Waals surface area contributed by atoms with Crippen LogP contribution in [-0.2, 0) is 12.8 Å². The first kappa shape index (κ1) is 12.2. The molecule has 4 nitrogen and oxygen atoms in total. The summed E-state index contributed by atoms with van der Waals surface area (Å²) < 4.78 is 11.2. The first-order valence-electron chi connectivity index (χ1n) is 6.47. The molecule has 3 rings (SSSR count). The normalized spacial score (nSPS) is 16.2. The van der Waals surface area contributed by atoms with Gasteiger partial charge in [0.1, 0.15) is 22.8 Å². The van der Waals surface area contributed by atoms with E-state index in [2.05, 4.69) is 25.1 Å². The molecule has 0 atom stereocenters. The maximum atomic E-state index is 8.91. The molecule has 0 aliphatic carbocycles. The second kappa shape index (κ2) is 4.38. The van der Waals surface area contributed by atoms with Gasteiger partial charge in [-0.1, -0.05) is 17.3 Å². The standard InChI is InChI=1S/C15H17NO3/c1-15(2)9-10-4-3-5-12(14(10)18-15)13-8-11(6-7-17)19-16-13/h3-5,8,17H,6-7,9H2,1-2H3. The maximum Gasteiger partial charge on any atom is 0.139 e. The Hall–Kier alpha value is -1.81. The van der Waals surface area contributed by atoms with Gasteiger partial charge >= 0.3 is 0 Å². The topological polar surface area (TPSA) is 55.5 Å². The van der Waals surface area contributed by atoms with Gasteiger partial charge in [-0.05, 0) is 25.5 Å². The molecule has 2 aromatic rings. The summed E-state index contributed by atoms with van der Waals surface area (Å²) in [5.74, 6) is 1.59. The number of hydrogen-bond acceptors (Lipinski definition) is 4. The molecule has 1 aliphatic heterocycles. The molecule has 0 saturated carbocycles. The Balaban J connectivity index is 2.00. The number of benzene rings is 1. The van der Waals surface area contributed by atoms with E-state index in [0.29, 0.717) is 12.2 Å². The minimum Gasteiger partial charge on any atom is -0.487 e. The van der Waals surface area contributed by atoms with E-state index in [1.165, 1.54) is 5.56 Å². The zero-order chi connectivity index (χ0) is 13.5. The van der Waals surface area contributed by atoms with E-state index < -0.39 is 0 Å². The van der Waals surface area contributed by atoms with Crippen LogP contribution in [0.5, 0.6) is 5.75 Å². The van der Waals surface area contributed by atoms with Crippen LogP contribution in [-0.4, -0.2) is 22.5 Å². The summed E-state index contributed by atoms with van der Waals surface area (Å²) >= 11 is 0. The molecule has 0 saturated heterocycles. The fourth-order valence-electron chi connectivity index (χ4n) is 2.49. The molecule has 0 amide bonds. The van der Waals surface area contributed by atoms with E-state index >= 15 is 0 Å². The van der Waals surface area contributed by atoms with Crippen LogP contribution in [0.3, 0.4) is 0 Å². The monoisotopic (exact) mass is 259 g/mol. The molecule has 1 aromatic carbocycles. The fourth-order valence-corrected chi connectivity index (χ4v) is 2.49. The first-order chi connectivity index (χ1) is 9.09. The van der Waals surface area contributed by atoms with Gasteiger partial charge in [-0.2, -0.15) is 0 Å². The number of para-hydroxylation sites is 1. The van der Waals surface area contributed by atoms with Gasteiger partial charge < -0.3 is 14.4 Å².